The highest BCUT2D eigenvalue weighted by Crippen LogP contribution is 2.47. The van der Waals surface area contributed by atoms with Gasteiger partial charge in [0.1, 0.15) is 7.85 Å². The molecule has 2 aliphatic heterocycles. The smallest absolute Gasteiger partial charge is 0.405 e. The summed E-state index contributed by atoms with van der Waals surface area (Å²) >= 11 is 0. The fourth-order valence-corrected chi connectivity index (χ4v) is 5.33. The summed E-state index contributed by atoms with van der Waals surface area (Å²) in [6.07, 6.45) is 2.86. The number of benzene rings is 1. The summed E-state index contributed by atoms with van der Waals surface area (Å²) in [6, 6.07) is 8.43. The summed E-state index contributed by atoms with van der Waals surface area (Å²) in [5, 5.41) is 10.9. The summed E-state index contributed by atoms with van der Waals surface area (Å²) in [6.45, 7) is 14.9. The normalized spacial score (nSPS) is 34.5. The van der Waals surface area contributed by atoms with E-state index in [1.807, 2.05) is 27.7 Å². The highest BCUT2D eigenvalue weighted by Gasteiger charge is 2.65. The predicted octanol–water partition coefficient (Wildman–Crippen LogP) is 2.62. The van der Waals surface area contributed by atoms with E-state index in [4.69, 9.17) is 23.4 Å². The van der Waals surface area contributed by atoms with E-state index in [0.29, 0.717) is 13.0 Å². The highest BCUT2D eigenvalue weighted by atomic mass is 16.7. The zero-order valence-electron chi connectivity index (χ0n) is 22.2. The molecule has 1 aromatic carbocycles. The zero-order valence-corrected chi connectivity index (χ0v) is 22.2. The van der Waals surface area contributed by atoms with Crippen molar-refractivity contribution in [3.05, 3.63) is 29.8 Å². The van der Waals surface area contributed by atoms with Crippen LogP contribution in [0.25, 0.3) is 0 Å². The van der Waals surface area contributed by atoms with Crippen LogP contribution in [0.3, 0.4) is 0 Å². The van der Waals surface area contributed by atoms with E-state index in [9.17, 15) is 5.11 Å². The molecule has 0 spiro atoms. The molecule has 2 unspecified atom stereocenters. The van der Waals surface area contributed by atoms with Crippen molar-refractivity contribution in [3.63, 3.8) is 0 Å². The van der Waals surface area contributed by atoms with Crippen LogP contribution in [0, 0.1) is 5.92 Å². The van der Waals surface area contributed by atoms with Gasteiger partial charge in [0.25, 0.3) is 0 Å². The molecular formula is C25H41B3O6. The van der Waals surface area contributed by atoms with E-state index in [-0.39, 0.29) is 18.1 Å². The number of aliphatic hydroxyl groups is 1. The number of ether oxygens (including phenoxy) is 1. The number of hydrogen-bond acceptors (Lipinski definition) is 6. The Kier molecular flexibility index (Phi) is 7.13. The molecule has 1 aliphatic carbocycles. The lowest BCUT2D eigenvalue weighted by Crippen LogP contribution is -2.49. The summed E-state index contributed by atoms with van der Waals surface area (Å²) in [7, 11) is 0.891. The van der Waals surface area contributed by atoms with Crippen molar-refractivity contribution in [2.24, 2.45) is 5.92 Å². The lowest BCUT2D eigenvalue weighted by atomic mass is 9.49. The van der Waals surface area contributed by atoms with Gasteiger partial charge >= 0.3 is 14.0 Å². The monoisotopic (exact) mass is 470 g/mol. The molecule has 1 N–H and O–H groups in total. The van der Waals surface area contributed by atoms with Gasteiger partial charge in [0.15, 0.2) is 0 Å². The van der Waals surface area contributed by atoms with E-state index < -0.39 is 36.4 Å². The first-order valence-corrected chi connectivity index (χ1v) is 12.8. The predicted molar refractivity (Wildman–Crippen MR) is 138 cm³/mol. The van der Waals surface area contributed by atoms with Gasteiger partial charge in [-0.2, -0.15) is 0 Å². The maximum absolute atomic E-state index is 10.9. The Bertz CT molecular complexity index is 862. The van der Waals surface area contributed by atoms with E-state index in [1.165, 1.54) is 11.0 Å². The Balaban J connectivity index is 1.39. The standard InChI is InChI=1S/C25H41B3O6/c1-22(2)23(3,4)32-27(31-22)28-33-24(5,6)25(7,34-28)15-18-14-20(11-12-21(18)29)30-16-17-9-8-10-19(26)13-17/h8-10,13,18,20-21,29H,11-12,14-16,26H2,1-7H3/t18?,20-,21-,25?/m1/s1. The fraction of sp³-hybridized carbons (Fsp3) is 0.760. The maximum atomic E-state index is 10.9. The van der Waals surface area contributed by atoms with Gasteiger partial charge in [-0.25, -0.2) is 0 Å². The molecule has 34 heavy (non-hydrogen) atoms. The van der Waals surface area contributed by atoms with Gasteiger partial charge < -0.3 is 28.5 Å². The van der Waals surface area contributed by atoms with Crippen molar-refractivity contribution in [2.75, 3.05) is 0 Å². The molecule has 6 nitrogen and oxygen atoms in total. The molecule has 186 valence electrons. The van der Waals surface area contributed by atoms with Crippen LogP contribution in [0.15, 0.2) is 24.3 Å². The van der Waals surface area contributed by atoms with E-state index in [0.717, 1.165) is 19.3 Å². The van der Waals surface area contributed by atoms with Gasteiger partial charge in [-0.05, 0) is 85.6 Å². The van der Waals surface area contributed by atoms with E-state index in [2.05, 4.69) is 52.9 Å². The molecule has 1 aromatic rings. The molecule has 3 aliphatic rings. The Morgan fingerprint density at radius 3 is 2.21 bits per heavy atom. The van der Waals surface area contributed by atoms with E-state index in [1.54, 1.807) is 0 Å². The lowest BCUT2D eigenvalue weighted by molar-refractivity contribution is -0.0809. The summed E-state index contributed by atoms with van der Waals surface area (Å²) < 4.78 is 31.6. The van der Waals surface area contributed by atoms with Crippen LogP contribution < -0.4 is 5.46 Å². The first-order chi connectivity index (χ1) is 15.7. The average Bonchev–Trinajstić information content (AvgIpc) is 3.09. The van der Waals surface area contributed by atoms with Crippen molar-refractivity contribution in [2.45, 2.75) is 115 Å². The molecule has 4 atom stereocenters. The molecule has 1 saturated carbocycles. The molecular weight excluding hydrogens is 429 g/mol. The van der Waals surface area contributed by atoms with Crippen LogP contribution in [-0.4, -0.2) is 61.6 Å². The second kappa shape index (κ2) is 9.24. The minimum atomic E-state index is -0.616. The quantitative estimate of drug-likeness (QED) is 0.646. The lowest BCUT2D eigenvalue weighted by Gasteiger charge is -2.42. The van der Waals surface area contributed by atoms with Crippen molar-refractivity contribution in [1.29, 1.82) is 0 Å². The SMILES string of the molecule is Bc1cccc(CO[C@@H]2CC[C@@H](O)C(CC3(C)OB(B4OC(C)(C)C(C)(C)O4)OC3(C)C)C2)c1. The summed E-state index contributed by atoms with van der Waals surface area (Å²) in [4.78, 5) is 0. The number of hydrogen-bond donors (Lipinski definition) is 1. The third-order valence-electron chi connectivity index (χ3n) is 8.67. The van der Waals surface area contributed by atoms with Gasteiger partial charge in [0.05, 0.1) is 41.2 Å². The minimum Gasteiger partial charge on any atom is -0.405 e. The fourth-order valence-electron chi connectivity index (χ4n) is 5.33. The largest absolute Gasteiger partial charge is 0.488 e. The Morgan fingerprint density at radius 2 is 1.56 bits per heavy atom. The van der Waals surface area contributed by atoms with Crippen LogP contribution in [-0.2, 0) is 30.0 Å². The summed E-state index contributed by atoms with van der Waals surface area (Å²) in [5.41, 5.74) is 0.377. The average molecular weight is 470 g/mol. The topological polar surface area (TPSA) is 66.4 Å². The van der Waals surface area contributed by atoms with Gasteiger partial charge in [-0.3, -0.25) is 0 Å². The summed E-state index contributed by atoms with van der Waals surface area (Å²) in [5.74, 6) is 0.0705. The molecule has 0 radical (unpaired) electrons. The second-order valence-electron chi connectivity index (χ2n) is 12.2. The molecule has 3 fully saturated rings. The van der Waals surface area contributed by atoms with Crippen molar-refractivity contribution in [1.82, 2.24) is 0 Å². The van der Waals surface area contributed by atoms with E-state index >= 15 is 0 Å². The van der Waals surface area contributed by atoms with Crippen molar-refractivity contribution in [3.8, 4) is 0 Å². The van der Waals surface area contributed by atoms with Gasteiger partial charge in [-0.1, -0.05) is 29.7 Å². The van der Waals surface area contributed by atoms with Crippen molar-refractivity contribution >= 4 is 27.3 Å². The second-order valence-corrected chi connectivity index (χ2v) is 12.2. The number of rotatable bonds is 6. The van der Waals surface area contributed by atoms with Crippen LogP contribution in [0.2, 0.25) is 0 Å². The molecule has 2 heterocycles. The molecule has 9 heteroatoms. The zero-order chi connectivity index (χ0) is 24.9. The number of aliphatic hydroxyl groups excluding tert-OH is 1. The maximum Gasteiger partial charge on any atom is 0.488 e. The molecule has 0 aromatic heterocycles. The Labute approximate surface area is 207 Å². The first kappa shape index (κ1) is 26.2. The van der Waals surface area contributed by atoms with Crippen molar-refractivity contribution < 1.29 is 28.5 Å². The Hall–Kier alpha value is -0.825. The first-order valence-electron chi connectivity index (χ1n) is 12.8. The third-order valence-corrected chi connectivity index (χ3v) is 8.67. The van der Waals surface area contributed by atoms with Gasteiger partial charge in [-0.15, -0.1) is 0 Å². The molecule has 4 rings (SSSR count). The van der Waals surface area contributed by atoms with Gasteiger partial charge in [0, 0.05) is 0 Å². The molecule has 0 amide bonds. The Morgan fingerprint density at radius 1 is 0.941 bits per heavy atom. The highest BCUT2D eigenvalue weighted by molar-refractivity contribution is 7.11. The van der Waals surface area contributed by atoms with Crippen LogP contribution in [0.5, 0.6) is 0 Å². The minimum absolute atomic E-state index is 0.0705. The third kappa shape index (κ3) is 5.16. The molecule has 0 bridgehead atoms. The van der Waals surface area contributed by atoms with Crippen LogP contribution in [0.4, 0.5) is 0 Å². The van der Waals surface area contributed by atoms with Gasteiger partial charge in [0.2, 0.25) is 0 Å². The van der Waals surface area contributed by atoms with Crippen LogP contribution >= 0.6 is 0 Å². The molecule has 2 saturated heterocycles. The van der Waals surface area contributed by atoms with Crippen LogP contribution in [0.1, 0.15) is 79.7 Å².